The molecule has 3 N–H and O–H groups in total. The first-order valence-corrected chi connectivity index (χ1v) is 8.62. The van der Waals surface area contributed by atoms with E-state index in [4.69, 9.17) is 15.3 Å². The van der Waals surface area contributed by atoms with E-state index in [1.165, 1.54) is 18.6 Å². The molecule has 13 heteroatoms. The standard InChI is InChI=1S/3C6H8N2O2.Fe/c3*1-4-3-7-6(9)8(10)5(4)2;/h3*3H,1-2H3,(H,7,9);. The molecule has 0 atom stereocenters. The number of hydrogen-bond donors (Lipinski definition) is 3. The van der Waals surface area contributed by atoms with E-state index in [0.717, 1.165) is 16.7 Å². The van der Waals surface area contributed by atoms with Gasteiger partial charge in [-0.1, -0.05) is 0 Å². The minimum atomic E-state index is -0.497. The summed E-state index contributed by atoms with van der Waals surface area (Å²) >= 11 is 0. The molecular formula is C18H24FeN6O6. The molecule has 0 spiro atoms. The van der Waals surface area contributed by atoms with Crippen LogP contribution in [0.3, 0.4) is 0 Å². The molecule has 3 aromatic rings. The fourth-order valence-electron chi connectivity index (χ4n) is 1.83. The van der Waals surface area contributed by atoms with E-state index >= 15 is 0 Å². The first kappa shape index (κ1) is 27.6. The summed E-state index contributed by atoms with van der Waals surface area (Å²) in [5.41, 5.74) is 3.75. The van der Waals surface area contributed by atoms with Gasteiger partial charge in [-0.25, -0.2) is 0 Å². The molecule has 0 saturated carbocycles. The zero-order valence-electron chi connectivity index (χ0n) is 17.8. The molecule has 0 aliphatic heterocycles. The molecular weight excluding hydrogens is 452 g/mol. The average molecular weight is 476 g/mol. The van der Waals surface area contributed by atoms with E-state index < -0.39 is 18.0 Å². The molecule has 3 aromatic heterocycles. The van der Waals surface area contributed by atoms with Gasteiger partial charge >= 0.3 is 18.0 Å². The van der Waals surface area contributed by atoms with Crippen molar-refractivity contribution in [1.29, 1.82) is 0 Å². The topological polar surface area (TPSA) is 180 Å². The monoisotopic (exact) mass is 476 g/mol. The molecule has 0 aliphatic carbocycles. The van der Waals surface area contributed by atoms with E-state index in [2.05, 4.69) is 15.0 Å². The molecule has 0 bridgehead atoms. The smallest absolute Gasteiger partial charge is 0.499 e. The van der Waals surface area contributed by atoms with Crippen molar-refractivity contribution in [3.05, 3.63) is 68.0 Å². The summed E-state index contributed by atoms with van der Waals surface area (Å²) in [6, 6.07) is -1.49. The first-order valence-electron chi connectivity index (χ1n) is 8.62. The zero-order chi connectivity index (χ0) is 23.2. The van der Waals surface area contributed by atoms with Gasteiger partial charge in [-0.15, -0.1) is 0 Å². The van der Waals surface area contributed by atoms with Crippen LogP contribution in [0.25, 0.3) is 0 Å². The third-order valence-corrected chi connectivity index (χ3v) is 4.29. The van der Waals surface area contributed by atoms with Gasteiger partial charge in [0.1, 0.15) is 17.1 Å². The molecule has 3 heterocycles. The van der Waals surface area contributed by atoms with Crippen LogP contribution >= 0.6 is 0 Å². The Morgan fingerprint density at radius 1 is 0.548 bits per heavy atom. The van der Waals surface area contributed by atoms with E-state index in [1.807, 2.05) is 0 Å². The van der Waals surface area contributed by atoms with E-state index in [0.29, 0.717) is 31.3 Å². The Morgan fingerprint density at radius 2 is 0.742 bits per heavy atom. The average Bonchev–Trinajstić information content (AvgIpc) is 2.73. The number of aromatic nitrogens is 6. The van der Waals surface area contributed by atoms with Gasteiger partial charge in [-0.3, -0.25) is 0 Å². The minimum Gasteiger partial charge on any atom is -0.708 e. The van der Waals surface area contributed by atoms with E-state index in [-0.39, 0.29) is 17.1 Å². The Balaban J connectivity index is 0.000000429. The molecule has 0 amide bonds. The fraction of sp³-hybridized carbons (Fsp3) is 0.333. The summed E-state index contributed by atoms with van der Waals surface area (Å²) in [7, 11) is 0. The third kappa shape index (κ3) is 7.08. The van der Waals surface area contributed by atoms with Gasteiger partial charge in [0.25, 0.3) is 0 Å². The van der Waals surface area contributed by atoms with Gasteiger partial charge in [-0.05, 0) is 56.5 Å². The van der Waals surface area contributed by atoms with Crippen molar-refractivity contribution in [3.8, 4) is 18.0 Å². The summed E-state index contributed by atoms with van der Waals surface area (Å²) in [5, 5.41) is 58.7. The van der Waals surface area contributed by atoms with Gasteiger partial charge < -0.3 is 30.9 Å². The van der Waals surface area contributed by atoms with Crippen molar-refractivity contribution < 1.29 is 46.6 Å². The number of nitrogens with zero attached hydrogens (tertiary/aromatic N) is 6. The number of rotatable bonds is 0. The molecule has 0 unspecified atom stereocenters. The molecule has 0 aromatic carbocycles. The maximum atomic E-state index is 10.8. The van der Waals surface area contributed by atoms with Crippen molar-refractivity contribution in [1.82, 2.24) is 15.0 Å². The van der Waals surface area contributed by atoms with Crippen LogP contribution in [0, 0.1) is 57.2 Å². The van der Waals surface area contributed by atoms with Crippen LogP contribution in [-0.2, 0) is 17.1 Å². The molecule has 31 heavy (non-hydrogen) atoms. The molecule has 0 fully saturated rings. The molecule has 12 nitrogen and oxygen atoms in total. The van der Waals surface area contributed by atoms with Crippen LogP contribution < -0.4 is 14.2 Å². The summed E-state index contributed by atoms with van der Waals surface area (Å²) in [6.07, 6.45) is 4.37. The van der Waals surface area contributed by atoms with Crippen molar-refractivity contribution in [3.63, 3.8) is 0 Å². The van der Waals surface area contributed by atoms with Crippen molar-refractivity contribution in [2.24, 2.45) is 0 Å². The summed E-state index contributed by atoms with van der Waals surface area (Å²) in [5.74, 6) is 0. The molecule has 3 rings (SSSR count). The van der Waals surface area contributed by atoms with Crippen molar-refractivity contribution in [2.75, 3.05) is 0 Å². The van der Waals surface area contributed by atoms with E-state index in [9.17, 15) is 15.6 Å². The van der Waals surface area contributed by atoms with Crippen molar-refractivity contribution in [2.45, 2.75) is 41.5 Å². The Bertz CT molecular complexity index is 838. The second-order valence-corrected chi connectivity index (χ2v) is 6.36. The van der Waals surface area contributed by atoms with Crippen LogP contribution in [0.5, 0.6) is 18.0 Å². The third-order valence-electron chi connectivity index (χ3n) is 4.29. The molecule has 0 radical (unpaired) electrons. The van der Waals surface area contributed by atoms with Gasteiger partial charge in [0.05, 0.1) is 0 Å². The number of aryl methyl sites for hydroxylation is 3. The summed E-state index contributed by atoms with van der Waals surface area (Å²) < 4.78 is 1.19. The zero-order valence-corrected chi connectivity index (χ0v) is 18.9. The second-order valence-electron chi connectivity index (χ2n) is 6.36. The van der Waals surface area contributed by atoms with Gasteiger partial charge in [-0.2, -0.15) is 14.2 Å². The Kier molecular flexibility index (Phi) is 10.4. The summed E-state index contributed by atoms with van der Waals surface area (Å²) in [6.45, 7) is 10.2. The second kappa shape index (κ2) is 11.7. The number of aromatic hydroxyl groups is 3. The van der Waals surface area contributed by atoms with E-state index in [1.54, 1.807) is 41.5 Å². The van der Waals surface area contributed by atoms with Gasteiger partial charge in [0, 0.05) is 33.8 Å². The minimum absolute atomic E-state index is 0. The van der Waals surface area contributed by atoms with Crippen LogP contribution in [0.15, 0.2) is 18.6 Å². The number of hydrogen-bond acceptors (Lipinski definition) is 9. The van der Waals surface area contributed by atoms with Crippen LogP contribution in [0.2, 0.25) is 0 Å². The predicted octanol–water partition coefficient (Wildman–Crippen LogP) is 0.110. The fourth-order valence-corrected chi connectivity index (χ4v) is 1.83. The van der Waals surface area contributed by atoms with Crippen LogP contribution in [0.4, 0.5) is 0 Å². The predicted molar refractivity (Wildman–Crippen MR) is 103 cm³/mol. The molecule has 170 valence electrons. The SMILES string of the molecule is Cc1cnc(O)[n+]([O-])c1C.Cc1cnc(O)[n+]([O-])c1C.Cc1cnc(O)[n+]([O-])c1C.[Fe]. The van der Waals surface area contributed by atoms with Gasteiger partial charge in [0.15, 0.2) is 18.6 Å². The summed E-state index contributed by atoms with van der Waals surface area (Å²) in [4.78, 5) is 10.3. The quantitative estimate of drug-likeness (QED) is 0.231. The molecule has 0 saturated heterocycles. The molecule has 0 aliphatic rings. The Labute approximate surface area is 189 Å². The van der Waals surface area contributed by atoms with Crippen molar-refractivity contribution >= 4 is 0 Å². The van der Waals surface area contributed by atoms with Crippen LogP contribution in [-0.4, -0.2) is 30.3 Å². The Morgan fingerprint density at radius 3 is 0.903 bits per heavy atom. The maximum Gasteiger partial charge on any atom is 0.499 e. The normalized spacial score (nSPS) is 9.48. The first-order chi connectivity index (χ1) is 13.9. The maximum absolute atomic E-state index is 10.8. The van der Waals surface area contributed by atoms with Crippen LogP contribution in [0.1, 0.15) is 33.8 Å². The van der Waals surface area contributed by atoms with Gasteiger partial charge in [0.2, 0.25) is 0 Å². The largest absolute Gasteiger partial charge is 0.708 e. The Hall–Kier alpha value is -3.44.